The lowest BCUT2D eigenvalue weighted by molar-refractivity contribution is -0.152. The third-order valence-corrected chi connectivity index (χ3v) is 2.83. The molecule has 0 aromatic rings. The molecule has 0 aliphatic carbocycles. The van der Waals surface area contributed by atoms with Gasteiger partial charge in [-0.25, -0.2) is 8.78 Å². The van der Waals surface area contributed by atoms with Crippen molar-refractivity contribution >= 4 is 12.2 Å². The number of rotatable bonds is 4. The summed E-state index contributed by atoms with van der Waals surface area (Å²) in [6, 6.07) is -0.416. The summed E-state index contributed by atoms with van der Waals surface area (Å²) in [7, 11) is 0. The van der Waals surface area contributed by atoms with Crippen LogP contribution in [0, 0.1) is 5.41 Å². The zero-order valence-corrected chi connectivity index (χ0v) is 9.61. The van der Waals surface area contributed by atoms with Crippen LogP contribution in [-0.2, 0) is 9.53 Å². The normalized spacial score (nSPS) is 28.9. The Bertz CT molecular complexity index is 297. The van der Waals surface area contributed by atoms with Gasteiger partial charge in [0.05, 0.1) is 19.2 Å². The van der Waals surface area contributed by atoms with Crippen LogP contribution in [0.2, 0.25) is 0 Å². The number of alkyl halides is 2. The second kappa shape index (κ2) is 4.76. The van der Waals surface area contributed by atoms with Gasteiger partial charge in [0.1, 0.15) is 5.41 Å². The first-order chi connectivity index (χ1) is 7.41. The minimum Gasteiger partial charge on any atom is -0.465 e. The van der Waals surface area contributed by atoms with Gasteiger partial charge in [-0.3, -0.25) is 9.80 Å². The van der Waals surface area contributed by atoms with Crippen molar-refractivity contribution in [2.75, 3.05) is 13.2 Å². The largest absolute Gasteiger partial charge is 0.465 e. The van der Waals surface area contributed by atoms with Crippen molar-refractivity contribution in [2.24, 2.45) is 10.5 Å². The number of ether oxygens (including phenoxy) is 1. The van der Waals surface area contributed by atoms with Crippen LogP contribution in [0.5, 0.6) is 0 Å². The molecule has 2 unspecified atom stereocenters. The van der Waals surface area contributed by atoms with Crippen LogP contribution in [-0.4, -0.2) is 42.8 Å². The molecule has 1 heterocycles. The Labute approximate surface area is 93.2 Å². The molecule has 0 aromatic heterocycles. The van der Waals surface area contributed by atoms with Crippen molar-refractivity contribution in [1.29, 1.82) is 0 Å². The first kappa shape index (κ1) is 12.9. The highest BCUT2D eigenvalue weighted by atomic mass is 19.3. The summed E-state index contributed by atoms with van der Waals surface area (Å²) in [5.41, 5.74) is -0.940. The summed E-state index contributed by atoms with van der Waals surface area (Å²) in [5, 5.41) is 5.06. The Morgan fingerprint density at radius 1 is 1.69 bits per heavy atom. The van der Waals surface area contributed by atoms with E-state index < -0.39 is 30.4 Å². The Kier molecular flexibility index (Phi) is 3.83. The van der Waals surface area contributed by atoms with Gasteiger partial charge in [0.15, 0.2) is 0 Å². The van der Waals surface area contributed by atoms with E-state index in [1.165, 1.54) is 11.2 Å². The van der Waals surface area contributed by atoms with Crippen molar-refractivity contribution < 1.29 is 18.3 Å². The number of carbonyl (C=O) groups excluding carboxylic acids is 1. The van der Waals surface area contributed by atoms with E-state index in [1.54, 1.807) is 20.8 Å². The van der Waals surface area contributed by atoms with Crippen LogP contribution in [0.3, 0.4) is 0 Å². The molecule has 92 valence electrons. The highest BCUT2D eigenvalue weighted by Gasteiger charge is 2.46. The summed E-state index contributed by atoms with van der Waals surface area (Å²) in [6.07, 6.45) is -1.08. The first-order valence-electron chi connectivity index (χ1n) is 5.19. The molecule has 0 N–H and O–H groups in total. The van der Waals surface area contributed by atoms with E-state index in [0.29, 0.717) is 0 Å². The fraction of sp³-hybridized carbons (Fsp3) is 0.800. The van der Waals surface area contributed by atoms with Crippen LogP contribution < -0.4 is 0 Å². The summed E-state index contributed by atoms with van der Waals surface area (Å²) in [4.78, 5) is 11.7. The van der Waals surface area contributed by atoms with Gasteiger partial charge in [0.25, 0.3) is 6.43 Å². The van der Waals surface area contributed by atoms with E-state index in [-0.39, 0.29) is 6.61 Å². The van der Waals surface area contributed by atoms with Gasteiger partial charge in [-0.1, -0.05) is 0 Å². The number of hydrazone groups is 1. The van der Waals surface area contributed by atoms with Crippen molar-refractivity contribution in [1.82, 2.24) is 5.01 Å². The van der Waals surface area contributed by atoms with Crippen LogP contribution in [0.1, 0.15) is 20.8 Å². The lowest BCUT2D eigenvalue weighted by Crippen LogP contribution is -2.44. The van der Waals surface area contributed by atoms with Gasteiger partial charge in [0, 0.05) is 6.21 Å². The molecule has 1 aliphatic heterocycles. The molecule has 0 saturated heterocycles. The Balaban J connectivity index is 2.72. The van der Waals surface area contributed by atoms with Crippen molar-refractivity contribution in [2.45, 2.75) is 33.2 Å². The molecule has 0 spiro atoms. The van der Waals surface area contributed by atoms with E-state index in [4.69, 9.17) is 4.74 Å². The first-order valence-corrected chi connectivity index (χ1v) is 5.19. The maximum Gasteiger partial charge on any atom is 0.319 e. The molecule has 0 aromatic carbocycles. The van der Waals surface area contributed by atoms with Crippen LogP contribution >= 0.6 is 0 Å². The van der Waals surface area contributed by atoms with Gasteiger partial charge in [-0.15, -0.1) is 0 Å². The maximum absolute atomic E-state index is 12.2. The van der Waals surface area contributed by atoms with E-state index in [2.05, 4.69) is 5.10 Å². The standard InChI is InChI=1S/C10H16F2N2O2/c1-4-16-9(15)10(3)6-13-14(7(10)2)5-8(11)12/h6-8H,4-5H2,1-3H3. The summed E-state index contributed by atoms with van der Waals surface area (Å²) >= 11 is 0. The number of halogens is 2. The number of hydrogen-bond donors (Lipinski definition) is 0. The number of carbonyl (C=O) groups is 1. The molecule has 0 fully saturated rings. The molecule has 0 radical (unpaired) electrons. The maximum atomic E-state index is 12.2. The Morgan fingerprint density at radius 2 is 2.31 bits per heavy atom. The van der Waals surface area contributed by atoms with Gasteiger partial charge >= 0.3 is 5.97 Å². The van der Waals surface area contributed by atoms with Gasteiger partial charge in [0.2, 0.25) is 0 Å². The third-order valence-electron chi connectivity index (χ3n) is 2.83. The third kappa shape index (κ3) is 2.31. The summed E-state index contributed by atoms with van der Waals surface area (Å²) in [6.45, 7) is 4.84. The predicted octanol–water partition coefficient (Wildman–Crippen LogP) is 1.51. The van der Waals surface area contributed by atoms with Crippen LogP contribution in [0.4, 0.5) is 8.78 Å². The zero-order chi connectivity index (χ0) is 12.3. The number of esters is 1. The second-order valence-electron chi connectivity index (χ2n) is 3.94. The minimum absolute atomic E-state index is 0.268. The van der Waals surface area contributed by atoms with E-state index >= 15 is 0 Å². The predicted molar refractivity (Wildman–Crippen MR) is 55.4 cm³/mol. The number of hydrogen-bond acceptors (Lipinski definition) is 4. The topological polar surface area (TPSA) is 41.9 Å². The lowest BCUT2D eigenvalue weighted by Gasteiger charge is -2.29. The fourth-order valence-corrected chi connectivity index (χ4v) is 1.57. The summed E-state index contributed by atoms with van der Waals surface area (Å²) < 4.78 is 29.4. The molecule has 2 atom stereocenters. The van der Waals surface area contributed by atoms with Crippen LogP contribution in [0.25, 0.3) is 0 Å². The quantitative estimate of drug-likeness (QED) is 0.692. The van der Waals surface area contributed by atoms with E-state index in [9.17, 15) is 13.6 Å². The second-order valence-corrected chi connectivity index (χ2v) is 3.94. The molecule has 1 rings (SSSR count). The molecule has 6 heteroatoms. The Hall–Kier alpha value is -1.20. The number of nitrogens with zero attached hydrogens (tertiary/aromatic N) is 2. The van der Waals surface area contributed by atoms with Gasteiger partial charge in [-0.05, 0) is 20.8 Å². The molecule has 16 heavy (non-hydrogen) atoms. The molecule has 1 aliphatic rings. The smallest absolute Gasteiger partial charge is 0.319 e. The average Bonchev–Trinajstić information content (AvgIpc) is 2.47. The van der Waals surface area contributed by atoms with Gasteiger partial charge in [-0.2, -0.15) is 5.10 Å². The fourth-order valence-electron chi connectivity index (χ4n) is 1.57. The van der Waals surface area contributed by atoms with E-state index in [0.717, 1.165) is 0 Å². The highest BCUT2D eigenvalue weighted by Crippen LogP contribution is 2.31. The molecule has 0 bridgehead atoms. The van der Waals surface area contributed by atoms with Crippen molar-refractivity contribution in [3.8, 4) is 0 Å². The molecule has 0 amide bonds. The molecule has 4 nitrogen and oxygen atoms in total. The lowest BCUT2D eigenvalue weighted by atomic mass is 9.85. The molecule has 0 saturated carbocycles. The zero-order valence-electron chi connectivity index (χ0n) is 9.61. The molecular formula is C10H16F2N2O2. The SMILES string of the molecule is CCOC(=O)C1(C)C=NN(CC(F)F)C1C. The Morgan fingerprint density at radius 3 is 2.81 bits per heavy atom. The van der Waals surface area contributed by atoms with Gasteiger partial charge < -0.3 is 4.74 Å². The monoisotopic (exact) mass is 234 g/mol. The summed E-state index contributed by atoms with van der Waals surface area (Å²) in [5.74, 6) is -0.428. The van der Waals surface area contributed by atoms with Crippen molar-refractivity contribution in [3.05, 3.63) is 0 Å². The van der Waals surface area contributed by atoms with Crippen molar-refractivity contribution in [3.63, 3.8) is 0 Å². The molecular weight excluding hydrogens is 218 g/mol. The van der Waals surface area contributed by atoms with E-state index in [1.807, 2.05) is 0 Å². The van der Waals surface area contributed by atoms with Crippen LogP contribution in [0.15, 0.2) is 5.10 Å². The highest BCUT2D eigenvalue weighted by molar-refractivity contribution is 5.96. The minimum atomic E-state index is -2.47. The average molecular weight is 234 g/mol.